The lowest BCUT2D eigenvalue weighted by atomic mass is 10.1. The van der Waals surface area contributed by atoms with E-state index in [9.17, 15) is 0 Å². The van der Waals surface area contributed by atoms with Gasteiger partial charge in [0.1, 0.15) is 17.3 Å². The third kappa shape index (κ3) is 6.62. The fourth-order valence-corrected chi connectivity index (χ4v) is 3.95. The fourth-order valence-electron chi connectivity index (χ4n) is 3.95. The van der Waals surface area contributed by atoms with Crippen LogP contribution in [0, 0.1) is 0 Å². The lowest BCUT2D eigenvalue weighted by Gasteiger charge is -2.25. The number of fused-ring (bicyclic) bond motifs is 1. The first kappa shape index (κ1) is 27.6. The third-order valence-electron chi connectivity index (χ3n) is 5.71. The minimum absolute atomic E-state index is 0. The average molecular weight is 508 g/mol. The van der Waals surface area contributed by atoms with E-state index in [1.807, 2.05) is 82.5 Å². The molecule has 1 aromatic carbocycles. The lowest BCUT2D eigenvalue weighted by Crippen LogP contribution is -2.26. The van der Waals surface area contributed by atoms with Crippen LogP contribution in [0.2, 0.25) is 0 Å². The quantitative estimate of drug-likeness (QED) is 0.415. The first-order valence-corrected chi connectivity index (χ1v) is 12.7. The number of rotatable bonds is 7. The first-order valence-electron chi connectivity index (χ1n) is 12.7. The zero-order chi connectivity index (χ0) is 26.8. The Balaban J connectivity index is 0.000000969. The molecule has 0 atom stereocenters. The Hall–Kier alpha value is -3.98. The number of anilines is 2. The van der Waals surface area contributed by atoms with Crippen molar-refractivity contribution in [1.82, 2.24) is 31.0 Å². The fraction of sp³-hybridized carbons (Fsp3) is 0.357. The molecule has 0 aliphatic carbocycles. The minimum Gasteiger partial charge on any atom is -0.497 e. The van der Waals surface area contributed by atoms with Crippen molar-refractivity contribution in [3.05, 3.63) is 66.3 Å². The van der Waals surface area contributed by atoms with Crippen LogP contribution in [0.5, 0.6) is 11.5 Å². The highest BCUT2D eigenvalue weighted by Gasteiger charge is 2.18. The molecule has 0 radical (unpaired) electrons. The van der Waals surface area contributed by atoms with Crippen molar-refractivity contribution in [3.8, 4) is 11.5 Å². The molecule has 4 heterocycles. The average Bonchev–Trinajstić information content (AvgIpc) is 3.65. The molecule has 3 N–H and O–H groups in total. The van der Waals surface area contributed by atoms with E-state index >= 15 is 0 Å². The van der Waals surface area contributed by atoms with Crippen LogP contribution in [0.4, 0.5) is 11.5 Å². The van der Waals surface area contributed by atoms with Gasteiger partial charge >= 0.3 is 0 Å². The van der Waals surface area contributed by atoms with Gasteiger partial charge in [-0.2, -0.15) is 0 Å². The number of ether oxygens (including phenoxy) is 2. The maximum atomic E-state index is 5.51. The van der Waals surface area contributed by atoms with Gasteiger partial charge in [-0.3, -0.25) is 4.98 Å². The Morgan fingerprint density at radius 3 is 2.32 bits per heavy atom. The van der Waals surface area contributed by atoms with Crippen molar-refractivity contribution in [2.45, 2.75) is 27.7 Å². The number of aromatic nitrogens is 2. The monoisotopic (exact) mass is 507 g/mol. The van der Waals surface area contributed by atoms with Gasteiger partial charge in [-0.15, -0.1) is 0 Å². The molecule has 2 aromatic heterocycles. The molecular formula is C28H41N7O2. The minimum atomic E-state index is 0. The molecule has 2 aliphatic rings. The Bertz CT molecular complexity index is 1230. The third-order valence-corrected chi connectivity index (χ3v) is 5.71. The van der Waals surface area contributed by atoms with Crippen molar-refractivity contribution < 1.29 is 10.9 Å². The number of nitrogens with zero attached hydrogens (tertiary/aromatic N) is 4. The normalized spacial score (nSPS) is 13.8. The molecular weight excluding hydrogens is 466 g/mol. The van der Waals surface area contributed by atoms with E-state index in [-0.39, 0.29) is 1.43 Å². The molecule has 0 bridgehead atoms. The topological polar surface area (TPSA) is 86.8 Å². The van der Waals surface area contributed by atoms with Crippen molar-refractivity contribution in [2.75, 3.05) is 45.9 Å². The standard InChI is InChI=1S/C24H27N7O2.2C2H6.H2/c1-30-13-17(11-28-30)16-6-23-22(26-10-16)4-5-24(29-23)31(14-18-12-25-15-27-18)19-7-20(32-2)9-21(8-19)33-3;2*1-2;/h4-10,12-13,25,27-28H,11,14-15H2,1-3H3;2*1-2H3;1H. The molecule has 0 unspecified atom stereocenters. The molecule has 9 heteroatoms. The molecule has 0 amide bonds. The Morgan fingerprint density at radius 1 is 1.00 bits per heavy atom. The highest BCUT2D eigenvalue weighted by atomic mass is 16.5. The number of benzene rings is 1. The zero-order valence-electron chi connectivity index (χ0n) is 22.9. The molecule has 2 aliphatic heterocycles. The van der Waals surface area contributed by atoms with E-state index in [1.165, 1.54) is 5.57 Å². The van der Waals surface area contributed by atoms with Gasteiger partial charge in [0.2, 0.25) is 0 Å². The Kier molecular flexibility index (Phi) is 9.97. The van der Waals surface area contributed by atoms with E-state index in [0.717, 1.165) is 51.8 Å². The van der Waals surface area contributed by atoms with E-state index < -0.39 is 0 Å². The number of hydrogen-bond donors (Lipinski definition) is 3. The smallest absolute Gasteiger partial charge is 0.134 e. The molecule has 0 spiro atoms. The van der Waals surface area contributed by atoms with Crippen LogP contribution < -0.4 is 30.4 Å². The maximum Gasteiger partial charge on any atom is 0.134 e. The summed E-state index contributed by atoms with van der Waals surface area (Å²) in [6.45, 7) is 10.1. The highest BCUT2D eigenvalue weighted by molar-refractivity contribution is 5.82. The van der Waals surface area contributed by atoms with E-state index in [0.29, 0.717) is 13.2 Å². The first-order chi connectivity index (χ1) is 18.1. The molecule has 200 valence electrons. The summed E-state index contributed by atoms with van der Waals surface area (Å²) < 4.78 is 11.0. The SMILES string of the molecule is CC.CC.COc1cc(OC)cc(N(CC2=CNCN2)c2ccc3ncc(C4=CN(C)NC4)cc3n2)c1.[HH]. The molecule has 0 fully saturated rings. The number of hydrogen-bond acceptors (Lipinski definition) is 9. The summed E-state index contributed by atoms with van der Waals surface area (Å²) in [7, 11) is 5.29. The van der Waals surface area contributed by atoms with Gasteiger partial charge in [-0.05, 0) is 23.8 Å². The van der Waals surface area contributed by atoms with Crippen molar-refractivity contribution in [2.24, 2.45) is 0 Å². The number of nitrogens with one attached hydrogen (secondary N) is 3. The van der Waals surface area contributed by atoms with Gasteiger partial charge in [0.05, 0.1) is 44.2 Å². The van der Waals surface area contributed by atoms with E-state index in [1.54, 1.807) is 14.2 Å². The number of methoxy groups -OCH3 is 2. The van der Waals surface area contributed by atoms with Crippen LogP contribution in [0.25, 0.3) is 16.6 Å². The summed E-state index contributed by atoms with van der Waals surface area (Å²) >= 11 is 0. The molecule has 9 nitrogen and oxygen atoms in total. The van der Waals surface area contributed by atoms with Crippen LogP contribution in [-0.2, 0) is 0 Å². The van der Waals surface area contributed by atoms with E-state index in [4.69, 9.17) is 14.5 Å². The van der Waals surface area contributed by atoms with Gasteiger partial charge in [0, 0.05) is 63.1 Å². The van der Waals surface area contributed by atoms with Crippen molar-refractivity contribution >= 4 is 28.1 Å². The summed E-state index contributed by atoms with van der Waals surface area (Å²) in [6, 6.07) is 11.9. The second-order valence-corrected chi connectivity index (χ2v) is 7.92. The van der Waals surface area contributed by atoms with Gasteiger partial charge in [0.15, 0.2) is 0 Å². The number of hydrazine groups is 1. The second-order valence-electron chi connectivity index (χ2n) is 7.92. The van der Waals surface area contributed by atoms with Crippen LogP contribution in [0.3, 0.4) is 0 Å². The highest BCUT2D eigenvalue weighted by Crippen LogP contribution is 2.33. The lowest BCUT2D eigenvalue weighted by molar-refractivity contribution is 0.374. The van der Waals surface area contributed by atoms with E-state index in [2.05, 4.69) is 38.2 Å². The maximum absolute atomic E-state index is 5.51. The van der Waals surface area contributed by atoms with Gasteiger partial charge in [0.25, 0.3) is 0 Å². The second kappa shape index (κ2) is 13.4. The van der Waals surface area contributed by atoms with Crippen molar-refractivity contribution in [1.29, 1.82) is 0 Å². The van der Waals surface area contributed by atoms with Crippen molar-refractivity contribution in [3.63, 3.8) is 0 Å². The van der Waals surface area contributed by atoms with Gasteiger partial charge in [-0.25, -0.2) is 10.4 Å². The summed E-state index contributed by atoms with van der Waals surface area (Å²) in [5.41, 5.74) is 9.18. The molecule has 37 heavy (non-hydrogen) atoms. The Labute approximate surface area is 221 Å². The molecule has 0 saturated carbocycles. The molecule has 5 rings (SSSR count). The largest absolute Gasteiger partial charge is 0.497 e. The van der Waals surface area contributed by atoms with Gasteiger partial charge < -0.3 is 30.0 Å². The van der Waals surface area contributed by atoms with Crippen LogP contribution in [-0.4, -0.2) is 56.0 Å². The Morgan fingerprint density at radius 2 is 1.73 bits per heavy atom. The summed E-state index contributed by atoms with van der Waals surface area (Å²) in [6.07, 6.45) is 5.97. The van der Waals surface area contributed by atoms with Gasteiger partial charge in [-0.1, -0.05) is 27.7 Å². The van der Waals surface area contributed by atoms with Crippen LogP contribution >= 0.6 is 0 Å². The molecule has 0 saturated heterocycles. The zero-order valence-corrected chi connectivity index (χ0v) is 22.9. The molecule has 3 aromatic rings. The summed E-state index contributed by atoms with van der Waals surface area (Å²) in [5.74, 6) is 2.24. The van der Waals surface area contributed by atoms with Crippen LogP contribution in [0.15, 0.2) is 60.7 Å². The summed E-state index contributed by atoms with van der Waals surface area (Å²) in [5, 5.41) is 8.52. The predicted octanol–water partition coefficient (Wildman–Crippen LogP) is 4.87. The predicted molar refractivity (Wildman–Crippen MR) is 154 cm³/mol. The van der Waals surface area contributed by atoms with Crippen LogP contribution in [0.1, 0.15) is 34.7 Å². The number of pyridine rings is 2. The summed E-state index contributed by atoms with van der Waals surface area (Å²) in [4.78, 5) is 11.8.